The molecular weight excluding hydrogens is 238 g/mol. The highest BCUT2D eigenvalue weighted by Crippen LogP contribution is 2.26. The number of ether oxygens (including phenoxy) is 1. The number of hydrogen-bond acceptors (Lipinski definition) is 6. The fraction of sp³-hybridized carbons (Fsp3) is 0.545. The third kappa shape index (κ3) is 3.17. The van der Waals surface area contributed by atoms with Gasteiger partial charge >= 0.3 is 5.97 Å². The van der Waals surface area contributed by atoms with Gasteiger partial charge in [0.05, 0.1) is 25.3 Å². The van der Waals surface area contributed by atoms with E-state index in [0.717, 1.165) is 11.7 Å². The van der Waals surface area contributed by atoms with E-state index < -0.39 is 0 Å². The van der Waals surface area contributed by atoms with Crippen molar-refractivity contribution in [2.45, 2.75) is 20.3 Å². The van der Waals surface area contributed by atoms with Crippen LogP contribution in [-0.2, 0) is 4.74 Å². The Kier molecular flexibility index (Phi) is 4.91. The topological polar surface area (TPSA) is 66.2 Å². The lowest BCUT2D eigenvalue weighted by Gasteiger charge is -2.17. The van der Waals surface area contributed by atoms with E-state index in [9.17, 15) is 4.79 Å². The predicted octanol–water partition coefficient (Wildman–Crippen LogP) is 1.98. The molecular formula is C11H15N3O2S. The third-order valence-corrected chi connectivity index (χ3v) is 3.50. The van der Waals surface area contributed by atoms with Gasteiger partial charge < -0.3 is 9.64 Å². The average molecular weight is 253 g/mol. The van der Waals surface area contributed by atoms with Gasteiger partial charge in [0, 0.05) is 13.1 Å². The molecule has 0 aromatic carbocycles. The van der Waals surface area contributed by atoms with E-state index in [1.165, 1.54) is 18.4 Å². The van der Waals surface area contributed by atoms with Crippen LogP contribution in [0.15, 0.2) is 0 Å². The van der Waals surface area contributed by atoms with Crippen LogP contribution in [0.2, 0.25) is 0 Å². The van der Waals surface area contributed by atoms with Gasteiger partial charge in [-0.1, -0.05) is 11.3 Å². The van der Waals surface area contributed by atoms with E-state index in [2.05, 4.69) is 15.8 Å². The van der Waals surface area contributed by atoms with Gasteiger partial charge in [-0.15, -0.1) is 0 Å². The van der Waals surface area contributed by atoms with Crippen LogP contribution in [0.5, 0.6) is 0 Å². The number of aryl methyl sites for hydroxylation is 1. The number of carbonyl (C=O) groups excluding carboxylic acids is 1. The van der Waals surface area contributed by atoms with Crippen LogP contribution < -0.4 is 4.90 Å². The van der Waals surface area contributed by atoms with E-state index in [1.54, 1.807) is 6.92 Å². The minimum absolute atomic E-state index is 0.359. The molecule has 1 rings (SSSR count). The normalized spacial score (nSPS) is 9.76. The molecule has 0 saturated carbocycles. The van der Waals surface area contributed by atoms with Crippen LogP contribution in [0, 0.1) is 18.3 Å². The van der Waals surface area contributed by atoms with E-state index in [4.69, 9.17) is 5.26 Å². The lowest BCUT2D eigenvalue weighted by Crippen LogP contribution is -2.23. The molecule has 0 atom stereocenters. The number of nitriles is 1. The van der Waals surface area contributed by atoms with Gasteiger partial charge in [-0.2, -0.15) is 5.26 Å². The lowest BCUT2D eigenvalue weighted by molar-refractivity contribution is 0.0605. The minimum atomic E-state index is -0.359. The molecule has 1 heterocycles. The molecule has 1 aromatic rings. The molecule has 0 amide bonds. The van der Waals surface area contributed by atoms with Crippen molar-refractivity contribution in [3.63, 3.8) is 0 Å². The summed E-state index contributed by atoms with van der Waals surface area (Å²) in [6, 6.07) is 2.10. The molecule has 0 unspecified atom stereocenters. The molecule has 0 fully saturated rings. The van der Waals surface area contributed by atoms with Crippen LogP contribution in [0.4, 0.5) is 5.13 Å². The fourth-order valence-corrected chi connectivity index (χ4v) is 2.45. The van der Waals surface area contributed by atoms with Crippen molar-refractivity contribution < 1.29 is 9.53 Å². The highest BCUT2D eigenvalue weighted by Gasteiger charge is 2.18. The second kappa shape index (κ2) is 6.21. The highest BCUT2D eigenvalue weighted by molar-refractivity contribution is 7.17. The first-order valence-corrected chi connectivity index (χ1v) is 6.13. The number of esters is 1. The van der Waals surface area contributed by atoms with Crippen molar-refractivity contribution in [1.29, 1.82) is 5.26 Å². The molecule has 1 aromatic heterocycles. The average Bonchev–Trinajstić information content (AvgIpc) is 2.71. The molecule has 5 nitrogen and oxygen atoms in total. The van der Waals surface area contributed by atoms with Gasteiger partial charge in [-0.3, -0.25) is 0 Å². The standard InChI is InChI=1S/C11H15N3O2S/c1-4-14(7-5-6-12)11-13-8(2)9(17-11)10(15)16-3/h4-5,7H2,1-3H3. The molecule has 0 aliphatic carbocycles. The molecule has 0 spiro atoms. The zero-order valence-electron chi connectivity index (χ0n) is 10.2. The Bertz CT molecular complexity index is 436. The first kappa shape index (κ1) is 13.5. The van der Waals surface area contributed by atoms with Crippen molar-refractivity contribution >= 4 is 22.4 Å². The summed E-state index contributed by atoms with van der Waals surface area (Å²) in [5, 5.41) is 9.34. The molecule has 0 saturated heterocycles. The van der Waals surface area contributed by atoms with Crippen molar-refractivity contribution in [2.24, 2.45) is 0 Å². The lowest BCUT2D eigenvalue weighted by atomic mass is 10.4. The molecule has 6 heteroatoms. The first-order valence-electron chi connectivity index (χ1n) is 5.31. The molecule has 0 aliphatic heterocycles. The number of hydrogen-bond donors (Lipinski definition) is 0. The first-order chi connectivity index (χ1) is 8.13. The summed E-state index contributed by atoms with van der Waals surface area (Å²) in [6.07, 6.45) is 0.444. The van der Waals surface area contributed by atoms with E-state index in [-0.39, 0.29) is 5.97 Å². The molecule has 17 heavy (non-hydrogen) atoms. The molecule has 0 bridgehead atoms. The Balaban J connectivity index is 2.91. The van der Waals surface area contributed by atoms with Crippen molar-refractivity contribution in [1.82, 2.24) is 4.98 Å². The number of thiazole rings is 1. The van der Waals surface area contributed by atoms with Gasteiger partial charge in [0.1, 0.15) is 4.88 Å². The van der Waals surface area contributed by atoms with Crippen LogP contribution in [-0.4, -0.2) is 31.2 Å². The monoisotopic (exact) mass is 253 g/mol. The number of aromatic nitrogens is 1. The second-order valence-corrected chi connectivity index (χ2v) is 4.37. The molecule has 0 aliphatic rings. The largest absolute Gasteiger partial charge is 0.465 e. The summed E-state index contributed by atoms with van der Waals surface area (Å²) >= 11 is 1.31. The maximum Gasteiger partial charge on any atom is 0.350 e. The quantitative estimate of drug-likeness (QED) is 0.751. The maximum absolute atomic E-state index is 11.4. The van der Waals surface area contributed by atoms with Crippen molar-refractivity contribution in [3.8, 4) is 6.07 Å². The second-order valence-electron chi connectivity index (χ2n) is 3.39. The Hall–Kier alpha value is -1.61. The van der Waals surface area contributed by atoms with Crippen molar-refractivity contribution in [3.05, 3.63) is 10.6 Å². The van der Waals surface area contributed by atoms with Gasteiger partial charge in [0.2, 0.25) is 0 Å². The Morgan fingerprint density at radius 3 is 2.88 bits per heavy atom. The van der Waals surface area contributed by atoms with Crippen LogP contribution >= 0.6 is 11.3 Å². The van der Waals surface area contributed by atoms with Crippen molar-refractivity contribution in [2.75, 3.05) is 25.1 Å². The fourth-order valence-electron chi connectivity index (χ4n) is 1.37. The number of carbonyl (C=O) groups is 1. The number of methoxy groups -OCH3 is 1. The van der Waals surface area contributed by atoms with Crippen LogP contribution in [0.1, 0.15) is 28.7 Å². The van der Waals surface area contributed by atoms with E-state index in [0.29, 0.717) is 23.5 Å². The summed E-state index contributed by atoms with van der Waals surface area (Å²) in [6.45, 7) is 5.16. The number of nitrogens with zero attached hydrogens (tertiary/aromatic N) is 3. The highest BCUT2D eigenvalue weighted by atomic mass is 32.1. The summed E-state index contributed by atoms with van der Waals surface area (Å²) < 4.78 is 4.69. The zero-order valence-corrected chi connectivity index (χ0v) is 11.0. The summed E-state index contributed by atoms with van der Waals surface area (Å²) in [5.74, 6) is -0.359. The van der Waals surface area contributed by atoms with Gasteiger partial charge in [-0.25, -0.2) is 9.78 Å². The van der Waals surface area contributed by atoms with Gasteiger partial charge in [0.15, 0.2) is 5.13 Å². The van der Waals surface area contributed by atoms with Gasteiger partial charge in [0.25, 0.3) is 0 Å². The minimum Gasteiger partial charge on any atom is -0.465 e. The Morgan fingerprint density at radius 1 is 1.65 bits per heavy atom. The maximum atomic E-state index is 11.4. The summed E-state index contributed by atoms with van der Waals surface area (Å²) in [4.78, 5) is 18.3. The third-order valence-electron chi connectivity index (χ3n) is 2.30. The number of rotatable bonds is 5. The SMILES string of the molecule is CCN(CCC#N)c1nc(C)c(C(=O)OC)s1. The number of anilines is 1. The summed E-state index contributed by atoms with van der Waals surface area (Å²) in [7, 11) is 1.36. The Labute approximate surface area is 105 Å². The van der Waals surface area contributed by atoms with Crippen LogP contribution in [0.3, 0.4) is 0 Å². The smallest absolute Gasteiger partial charge is 0.350 e. The Morgan fingerprint density at radius 2 is 2.35 bits per heavy atom. The molecule has 0 N–H and O–H groups in total. The zero-order chi connectivity index (χ0) is 12.8. The predicted molar refractivity (Wildman–Crippen MR) is 66.3 cm³/mol. The van der Waals surface area contributed by atoms with E-state index >= 15 is 0 Å². The van der Waals surface area contributed by atoms with Crippen LogP contribution in [0.25, 0.3) is 0 Å². The van der Waals surface area contributed by atoms with Gasteiger partial charge in [-0.05, 0) is 13.8 Å². The molecule has 92 valence electrons. The summed E-state index contributed by atoms with van der Waals surface area (Å²) in [5.41, 5.74) is 0.673. The van der Waals surface area contributed by atoms with E-state index in [1.807, 2.05) is 11.8 Å². The molecule has 0 radical (unpaired) electrons.